The van der Waals surface area contributed by atoms with Gasteiger partial charge in [-0.15, -0.1) is 0 Å². The zero-order valence-corrected chi connectivity index (χ0v) is 13.2. The standard InChI is InChI=1S/C18H27N3/c1-3-5-7-12-17(15-10-8-6-9-11-15)21-16(4-2)18-19-13-14-20-18/h6,8-11,13-14,16-17,21H,3-5,7,12H2,1-2H3,(H,19,20). The van der Waals surface area contributed by atoms with Crippen molar-refractivity contribution in [1.29, 1.82) is 0 Å². The molecule has 2 atom stereocenters. The van der Waals surface area contributed by atoms with Gasteiger partial charge in [0.1, 0.15) is 5.82 Å². The molecular formula is C18H27N3. The van der Waals surface area contributed by atoms with Crippen molar-refractivity contribution >= 4 is 0 Å². The third-order valence-corrected chi connectivity index (χ3v) is 3.96. The number of aromatic amines is 1. The third-order valence-electron chi connectivity index (χ3n) is 3.96. The van der Waals surface area contributed by atoms with E-state index in [-0.39, 0.29) is 6.04 Å². The highest BCUT2D eigenvalue weighted by molar-refractivity contribution is 5.19. The molecule has 0 bridgehead atoms. The number of aromatic nitrogens is 2. The van der Waals surface area contributed by atoms with Gasteiger partial charge in [0.05, 0.1) is 6.04 Å². The molecule has 0 aliphatic heterocycles. The van der Waals surface area contributed by atoms with Crippen LogP contribution in [-0.2, 0) is 0 Å². The lowest BCUT2D eigenvalue weighted by Gasteiger charge is -2.24. The molecule has 0 aliphatic rings. The molecule has 0 amide bonds. The predicted octanol–water partition coefficient (Wildman–Crippen LogP) is 4.77. The van der Waals surface area contributed by atoms with Crippen LogP contribution in [0, 0.1) is 0 Å². The van der Waals surface area contributed by atoms with Gasteiger partial charge in [0.25, 0.3) is 0 Å². The molecule has 0 saturated heterocycles. The van der Waals surface area contributed by atoms with Crippen LogP contribution in [0.25, 0.3) is 0 Å². The third kappa shape index (κ3) is 4.71. The Labute approximate surface area is 128 Å². The molecule has 1 heterocycles. The zero-order chi connectivity index (χ0) is 14.9. The van der Waals surface area contributed by atoms with Crippen molar-refractivity contribution in [3.05, 3.63) is 54.1 Å². The quantitative estimate of drug-likeness (QED) is 0.651. The first-order valence-electron chi connectivity index (χ1n) is 8.15. The van der Waals surface area contributed by atoms with Gasteiger partial charge in [-0.3, -0.25) is 0 Å². The Morgan fingerprint density at radius 1 is 1.10 bits per heavy atom. The molecule has 2 N–H and O–H groups in total. The van der Waals surface area contributed by atoms with Crippen LogP contribution in [0.1, 0.15) is 69.4 Å². The van der Waals surface area contributed by atoms with Gasteiger partial charge in [0.15, 0.2) is 0 Å². The van der Waals surface area contributed by atoms with Crippen LogP contribution in [0.4, 0.5) is 0 Å². The maximum Gasteiger partial charge on any atom is 0.123 e. The van der Waals surface area contributed by atoms with Gasteiger partial charge >= 0.3 is 0 Å². The Morgan fingerprint density at radius 3 is 2.52 bits per heavy atom. The molecule has 0 fully saturated rings. The SMILES string of the molecule is CCCCCC(NC(CC)c1ncc[nH]1)c1ccccc1. The van der Waals surface area contributed by atoms with Crippen LogP contribution in [0.15, 0.2) is 42.7 Å². The van der Waals surface area contributed by atoms with E-state index in [1.165, 1.54) is 31.2 Å². The number of nitrogens with zero attached hydrogens (tertiary/aromatic N) is 1. The van der Waals surface area contributed by atoms with E-state index in [4.69, 9.17) is 0 Å². The summed E-state index contributed by atoms with van der Waals surface area (Å²) < 4.78 is 0. The summed E-state index contributed by atoms with van der Waals surface area (Å²) >= 11 is 0. The van der Waals surface area contributed by atoms with Crippen LogP contribution in [0.2, 0.25) is 0 Å². The van der Waals surface area contributed by atoms with Gasteiger partial charge < -0.3 is 10.3 Å². The van der Waals surface area contributed by atoms with Crippen molar-refractivity contribution in [2.24, 2.45) is 0 Å². The number of rotatable bonds is 9. The molecule has 3 nitrogen and oxygen atoms in total. The van der Waals surface area contributed by atoms with E-state index in [0.29, 0.717) is 6.04 Å². The molecule has 0 radical (unpaired) electrons. The highest BCUT2D eigenvalue weighted by Gasteiger charge is 2.18. The summed E-state index contributed by atoms with van der Waals surface area (Å²) in [6, 6.07) is 11.4. The topological polar surface area (TPSA) is 40.7 Å². The molecule has 1 aromatic carbocycles. The Kier molecular flexibility index (Phi) is 6.48. The highest BCUT2D eigenvalue weighted by Crippen LogP contribution is 2.24. The molecule has 21 heavy (non-hydrogen) atoms. The first kappa shape index (κ1) is 15.8. The van der Waals surface area contributed by atoms with Crippen molar-refractivity contribution in [2.75, 3.05) is 0 Å². The lowest BCUT2D eigenvalue weighted by molar-refractivity contribution is 0.393. The van der Waals surface area contributed by atoms with Gasteiger partial charge in [-0.25, -0.2) is 4.98 Å². The lowest BCUT2D eigenvalue weighted by Crippen LogP contribution is -2.27. The average molecular weight is 285 g/mol. The normalized spacial score (nSPS) is 14.0. The van der Waals surface area contributed by atoms with Crippen LogP contribution in [0.5, 0.6) is 0 Å². The molecule has 0 saturated carbocycles. The fourth-order valence-electron chi connectivity index (χ4n) is 2.73. The summed E-state index contributed by atoms with van der Waals surface area (Å²) in [5.41, 5.74) is 1.37. The Balaban J connectivity index is 2.07. The maximum atomic E-state index is 4.41. The van der Waals surface area contributed by atoms with Crippen LogP contribution in [0.3, 0.4) is 0 Å². The number of H-pyrrole nitrogens is 1. The second-order valence-electron chi connectivity index (χ2n) is 5.56. The summed E-state index contributed by atoms with van der Waals surface area (Å²) in [5, 5.41) is 3.79. The van der Waals surface area contributed by atoms with Crippen molar-refractivity contribution in [3.63, 3.8) is 0 Å². The Bertz CT molecular complexity index is 478. The minimum atomic E-state index is 0.284. The van der Waals surface area contributed by atoms with E-state index in [0.717, 1.165) is 12.2 Å². The van der Waals surface area contributed by atoms with E-state index in [9.17, 15) is 0 Å². The van der Waals surface area contributed by atoms with Crippen molar-refractivity contribution in [2.45, 2.75) is 58.0 Å². The second-order valence-corrected chi connectivity index (χ2v) is 5.56. The monoisotopic (exact) mass is 285 g/mol. The zero-order valence-electron chi connectivity index (χ0n) is 13.2. The van der Waals surface area contributed by atoms with Crippen LogP contribution < -0.4 is 5.32 Å². The Hall–Kier alpha value is -1.61. The van der Waals surface area contributed by atoms with Crippen molar-refractivity contribution in [3.8, 4) is 0 Å². The molecule has 114 valence electrons. The van der Waals surface area contributed by atoms with E-state index < -0.39 is 0 Å². The summed E-state index contributed by atoms with van der Waals surface area (Å²) in [6.07, 6.45) is 9.75. The molecule has 0 aliphatic carbocycles. The maximum absolute atomic E-state index is 4.41. The number of imidazole rings is 1. The number of nitrogens with one attached hydrogen (secondary N) is 2. The average Bonchev–Trinajstić information content (AvgIpc) is 3.06. The minimum absolute atomic E-state index is 0.284. The molecular weight excluding hydrogens is 258 g/mol. The predicted molar refractivity (Wildman–Crippen MR) is 88.1 cm³/mol. The summed E-state index contributed by atoms with van der Waals surface area (Å²) in [5.74, 6) is 1.04. The summed E-state index contributed by atoms with van der Waals surface area (Å²) in [4.78, 5) is 7.65. The van der Waals surface area contributed by atoms with Crippen LogP contribution in [-0.4, -0.2) is 9.97 Å². The fraction of sp³-hybridized carbons (Fsp3) is 0.500. The molecule has 1 aromatic heterocycles. The second kappa shape index (κ2) is 8.63. The van der Waals surface area contributed by atoms with Gasteiger partial charge in [0.2, 0.25) is 0 Å². The van der Waals surface area contributed by atoms with E-state index in [2.05, 4.69) is 59.5 Å². The van der Waals surface area contributed by atoms with E-state index in [1.807, 2.05) is 12.4 Å². The highest BCUT2D eigenvalue weighted by atomic mass is 15.0. The molecule has 2 aromatic rings. The van der Waals surface area contributed by atoms with Crippen LogP contribution >= 0.6 is 0 Å². The van der Waals surface area contributed by atoms with Gasteiger partial charge in [-0.2, -0.15) is 0 Å². The Morgan fingerprint density at radius 2 is 1.90 bits per heavy atom. The lowest BCUT2D eigenvalue weighted by atomic mass is 9.99. The van der Waals surface area contributed by atoms with E-state index in [1.54, 1.807) is 0 Å². The number of hydrogen-bond acceptors (Lipinski definition) is 2. The number of unbranched alkanes of at least 4 members (excludes halogenated alkanes) is 2. The molecule has 3 heteroatoms. The first-order valence-corrected chi connectivity index (χ1v) is 8.15. The van der Waals surface area contributed by atoms with Gasteiger partial charge in [-0.1, -0.05) is 63.4 Å². The van der Waals surface area contributed by atoms with Crippen molar-refractivity contribution < 1.29 is 0 Å². The molecule has 0 spiro atoms. The van der Waals surface area contributed by atoms with E-state index >= 15 is 0 Å². The minimum Gasteiger partial charge on any atom is -0.347 e. The van der Waals surface area contributed by atoms with Crippen molar-refractivity contribution in [1.82, 2.24) is 15.3 Å². The fourth-order valence-corrected chi connectivity index (χ4v) is 2.73. The smallest absolute Gasteiger partial charge is 0.123 e. The number of benzene rings is 1. The largest absolute Gasteiger partial charge is 0.347 e. The molecule has 2 rings (SSSR count). The molecule has 2 unspecified atom stereocenters. The first-order chi connectivity index (χ1) is 10.3. The van der Waals surface area contributed by atoms with Gasteiger partial charge in [0, 0.05) is 18.4 Å². The summed E-state index contributed by atoms with van der Waals surface area (Å²) in [6.45, 7) is 4.46. The summed E-state index contributed by atoms with van der Waals surface area (Å²) in [7, 11) is 0. The number of hydrogen-bond donors (Lipinski definition) is 2. The van der Waals surface area contributed by atoms with Gasteiger partial charge in [-0.05, 0) is 18.4 Å².